The van der Waals surface area contributed by atoms with Crippen LogP contribution in [0.5, 0.6) is 0 Å². The number of sulfonamides is 1. The number of aliphatic carboxylic acids is 1. The van der Waals surface area contributed by atoms with Crippen molar-refractivity contribution in [1.82, 2.24) is 9.62 Å². The van der Waals surface area contributed by atoms with Crippen LogP contribution in [-0.4, -0.2) is 54.5 Å². The van der Waals surface area contributed by atoms with Crippen molar-refractivity contribution in [2.75, 3.05) is 18.2 Å². The fourth-order valence-corrected chi connectivity index (χ4v) is 5.06. The van der Waals surface area contributed by atoms with Crippen molar-refractivity contribution in [3.63, 3.8) is 0 Å². The maximum Gasteiger partial charge on any atom is 0.327 e. The smallest absolute Gasteiger partial charge is 0.327 e. The van der Waals surface area contributed by atoms with E-state index in [1.165, 1.54) is 22.7 Å². The van der Waals surface area contributed by atoms with E-state index in [1.54, 1.807) is 11.4 Å². The lowest BCUT2D eigenvalue weighted by molar-refractivity contribution is -0.147. The molecule has 0 saturated carbocycles. The fourth-order valence-electron chi connectivity index (χ4n) is 1.82. The Balaban J connectivity index is 1.86. The Labute approximate surface area is 130 Å². The maximum absolute atomic E-state index is 11.9. The molecule has 1 amide bonds. The van der Waals surface area contributed by atoms with E-state index in [0.717, 1.165) is 11.3 Å². The van der Waals surface area contributed by atoms with Gasteiger partial charge >= 0.3 is 5.97 Å². The normalized spacial score (nSPS) is 18.9. The van der Waals surface area contributed by atoms with E-state index in [-0.39, 0.29) is 23.1 Å². The maximum atomic E-state index is 11.9. The molecular formula is C11H14N2O5S3. The number of carbonyl (C=O) groups is 2. The molecule has 1 fully saturated rings. The average molecular weight is 350 g/mol. The summed E-state index contributed by atoms with van der Waals surface area (Å²) in [7, 11) is -3.59. The lowest BCUT2D eigenvalue weighted by Crippen LogP contribution is -2.42. The molecule has 0 radical (unpaired) electrons. The highest BCUT2D eigenvalue weighted by atomic mass is 32.2. The van der Waals surface area contributed by atoms with Crippen molar-refractivity contribution in [3.8, 4) is 0 Å². The summed E-state index contributed by atoms with van der Waals surface area (Å²) >= 11 is 2.46. The summed E-state index contributed by atoms with van der Waals surface area (Å²) in [4.78, 5) is 24.2. The Morgan fingerprint density at radius 1 is 1.48 bits per heavy atom. The molecule has 2 heterocycles. The molecule has 21 heavy (non-hydrogen) atoms. The zero-order valence-corrected chi connectivity index (χ0v) is 13.3. The highest BCUT2D eigenvalue weighted by Crippen LogP contribution is 2.21. The van der Waals surface area contributed by atoms with Crippen LogP contribution >= 0.6 is 23.1 Å². The van der Waals surface area contributed by atoms with Crippen LogP contribution < -0.4 is 4.72 Å². The van der Waals surface area contributed by atoms with Crippen LogP contribution in [0.4, 0.5) is 0 Å². The van der Waals surface area contributed by atoms with Crippen LogP contribution in [0.15, 0.2) is 21.7 Å². The predicted molar refractivity (Wildman–Crippen MR) is 79.7 cm³/mol. The Morgan fingerprint density at radius 3 is 2.86 bits per heavy atom. The van der Waals surface area contributed by atoms with Gasteiger partial charge in [0, 0.05) is 18.7 Å². The van der Waals surface area contributed by atoms with E-state index in [0.29, 0.717) is 11.6 Å². The van der Waals surface area contributed by atoms with E-state index >= 15 is 0 Å². The molecule has 0 aliphatic carbocycles. The second-order valence-electron chi connectivity index (χ2n) is 4.30. The molecule has 1 atom stereocenters. The molecule has 1 aliphatic rings. The van der Waals surface area contributed by atoms with Crippen LogP contribution in [-0.2, 0) is 19.6 Å². The number of hydrogen-bond donors (Lipinski definition) is 2. The summed E-state index contributed by atoms with van der Waals surface area (Å²) in [5.41, 5.74) is 0. The summed E-state index contributed by atoms with van der Waals surface area (Å²) < 4.78 is 26.2. The van der Waals surface area contributed by atoms with Gasteiger partial charge < -0.3 is 10.0 Å². The van der Waals surface area contributed by atoms with Crippen LogP contribution in [0.3, 0.4) is 0 Å². The Kier molecular flexibility index (Phi) is 5.25. The second kappa shape index (κ2) is 6.77. The summed E-state index contributed by atoms with van der Waals surface area (Å²) in [6, 6.07) is 2.28. The number of amides is 1. The van der Waals surface area contributed by atoms with Gasteiger partial charge in [0.15, 0.2) is 0 Å². The lowest BCUT2D eigenvalue weighted by Gasteiger charge is -2.20. The molecule has 2 N–H and O–H groups in total. The summed E-state index contributed by atoms with van der Waals surface area (Å²) in [5, 5.41) is 10.6. The predicted octanol–water partition coefficient (Wildman–Crippen LogP) is 0.403. The van der Waals surface area contributed by atoms with E-state index < -0.39 is 22.0 Å². The number of rotatable bonds is 6. The topological polar surface area (TPSA) is 104 Å². The Hall–Kier alpha value is -1.10. The monoisotopic (exact) mass is 350 g/mol. The molecule has 7 nitrogen and oxygen atoms in total. The van der Waals surface area contributed by atoms with Gasteiger partial charge in [0.1, 0.15) is 10.3 Å². The third kappa shape index (κ3) is 3.96. The van der Waals surface area contributed by atoms with Crippen molar-refractivity contribution < 1.29 is 23.1 Å². The minimum atomic E-state index is -3.59. The SMILES string of the molecule is O=C(O)[C@@H]1CSCN1C(=O)CCNS(=O)(=O)c1cccs1. The number of carboxylic acid groups (broad SMARTS) is 1. The second-order valence-corrected chi connectivity index (χ2v) is 8.24. The summed E-state index contributed by atoms with van der Waals surface area (Å²) in [5.74, 6) is -0.705. The minimum Gasteiger partial charge on any atom is -0.480 e. The highest BCUT2D eigenvalue weighted by molar-refractivity contribution is 7.99. The van der Waals surface area contributed by atoms with Gasteiger partial charge in [0.25, 0.3) is 0 Å². The van der Waals surface area contributed by atoms with Gasteiger partial charge in [-0.2, -0.15) is 0 Å². The van der Waals surface area contributed by atoms with Crippen LogP contribution in [0.1, 0.15) is 6.42 Å². The first kappa shape index (κ1) is 16.3. The zero-order chi connectivity index (χ0) is 15.5. The molecular weight excluding hydrogens is 336 g/mol. The summed E-state index contributed by atoms with van der Waals surface area (Å²) in [6.45, 7) is -0.0490. The third-order valence-corrected chi connectivity index (χ3v) is 6.75. The van der Waals surface area contributed by atoms with Crippen molar-refractivity contribution in [2.45, 2.75) is 16.7 Å². The number of thioether (sulfide) groups is 1. The van der Waals surface area contributed by atoms with Gasteiger partial charge in [0.2, 0.25) is 15.9 Å². The number of nitrogens with zero attached hydrogens (tertiary/aromatic N) is 1. The molecule has 0 unspecified atom stereocenters. The first-order chi connectivity index (χ1) is 9.92. The number of carbonyl (C=O) groups excluding carboxylic acids is 1. The molecule has 1 aromatic heterocycles. The fraction of sp³-hybridized carbons (Fsp3) is 0.455. The molecule has 1 aliphatic heterocycles. The van der Waals surface area contributed by atoms with Gasteiger partial charge in [-0.05, 0) is 11.4 Å². The van der Waals surface area contributed by atoms with Gasteiger partial charge in [-0.3, -0.25) is 4.79 Å². The molecule has 1 saturated heterocycles. The number of carboxylic acids is 1. The van der Waals surface area contributed by atoms with Crippen molar-refractivity contribution in [1.29, 1.82) is 0 Å². The standard InChI is InChI=1S/C11H14N2O5S3/c14-9(13-7-19-6-8(13)11(15)16)3-4-12-21(17,18)10-2-1-5-20-10/h1-2,5,8,12H,3-4,6-7H2,(H,15,16)/t8-/m0/s1. The van der Waals surface area contributed by atoms with Crippen LogP contribution in [0.2, 0.25) is 0 Å². The minimum absolute atomic E-state index is 0.0490. The van der Waals surface area contributed by atoms with Gasteiger partial charge in [-0.15, -0.1) is 23.1 Å². The van der Waals surface area contributed by atoms with Crippen LogP contribution in [0.25, 0.3) is 0 Å². The first-order valence-electron chi connectivity index (χ1n) is 6.05. The number of nitrogens with one attached hydrogen (secondary N) is 1. The van der Waals surface area contributed by atoms with E-state index in [9.17, 15) is 18.0 Å². The van der Waals surface area contributed by atoms with Gasteiger partial charge in [-0.1, -0.05) is 6.07 Å². The largest absolute Gasteiger partial charge is 0.480 e. The quantitative estimate of drug-likeness (QED) is 0.770. The highest BCUT2D eigenvalue weighted by Gasteiger charge is 2.34. The first-order valence-corrected chi connectivity index (χ1v) is 9.57. The third-order valence-electron chi connectivity index (χ3n) is 2.88. The van der Waals surface area contributed by atoms with E-state index in [1.807, 2.05) is 0 Å². The lowest BCUT2D eigenvalue weighted by atomic mass is 10.2. The van der Waals surface area contributed by atoms with Gasteiger partial charge in [-0.25, -0.2) is 17.9 Å². The number of hydrogen-bond acceptors (Lipinski definition) is 6. The van der Waals surface area contributed by atoms with Crippen molar-refractivity contribution in [2.24, 2.45) is 0 Å². The molecule has 10 heteroatoms. The van der Waals surface area contributed by atoms with Crippen LogP contribution in [0, 0.1) is 0 Å². The molecule has 0 spiro atoms. The molecule has 0 bridgehead atoms. The van der Waals surface area contributed by atoms with Crippen molar-refractivity contribution >= 4 is 45.0 Å². The van der Waals surface area contributed by atoms with E-state index in [2.05, 4.69) is 4.72 Å². The zero-order valence-electron chi connectivity index (χ0n) is 10.9. The number of thiophene rings is 1. The Morgan fingerprint density at radius 2 is 2.24 bits per heavy atom. The molecule has 2 rings (SSSR count). The summed E-state index contributed by atoms with van der Waals surface area (Å²) in [6.07, 6.45) is -0.0606. The molecule has 1 aromatic rings. The van der Waals surface area contributed by atoms with E-state index in [4.69, 9.17) is 5.11 Å². The molecule has 0 aromatic carbocycles. The van der Waals surface area contributed by atoms with Gasteiger partial charge in [0.05, 0.1) is 5.88 Å². The Bertz CT molecular complexity index is 614. The van der Waals surface area contributed by atoms with Crippen molar-refractivity contribution in [3.05, 3.63) is 17.5 Å². The average Bonchev–Trinajstić information content (AvgIpc) is 3.10. The molecule has 116 valence electrons.